The third-order valence-corrected chi connectivity index (χ3v) is 5.04. The quantitative estimate of drug-likeness (QED) is 0.397. The zero-order valence-electron chi connectivity index (χ0n) is 18.1. The zero-order valence-corrected chi connectivity index (χ0v) is 18.1. The van der Waals surface area contributed by atoms with Gasteiger partial charge < -0.3 is 15.2 Å². The number of urea groups is 1. The predicted octanol–water partition coefficient (Wildman–Crippen LogP) is 4.81. The SMILES string of the molecule is CO/C(=C\c1ccc(-c2cccc(N(C)C(=O)NCCc3ccccc3)c2)cc1)C(=O)O. The van der Waals surface area contributed by atoms with E-state index in [-0.39, 0.29) is 11.8 Å². The van der Waals surface area contributed by atoms with Crippen LogP contribution in [0, 0.1) is 0 Å². The zero-order chi connectivity index (χ0) is 22.9. The number of anilines is 1. The molecule has 2 N–H and O–H groups in total. The lowest BCUT2D eigenvalue weighted by Gasteiger charge is -2.19. The number of hydrogen-bond donors (Lipinski definition) is 2. The number of ether oxygens (including phenoxy) is 1. The molecular weight excluding hydrogens is 404 g/mol. The molecule has 164 valence electrons. The smallest absolute Gasteiger partial charge is 0.371 e. The first-order valence-electron chi connectivity index (χ1n) is 10.2. The van der Waals surface area contributed by atoms with Crippen LogP contribution in [0.25, 0.3) is 17.2 Å². The number of aliphatic carboxylic acids is 1. The first kappa shape index (κ1) is 22.6. The Morgan fingerprint density at radius 3 is 2.34 bits per heavy atom. The monoisotopic (exact) mass is 430 g/mol. The van der Waals surface area contributed by atoms with Crippen molar-refractivity contribution < 1.29 is 19.4 Å². The second-order valence-corrected chi connectivity index (χ2v) is 7.22. The lowest BCUT2D eigenvalue weighted by molar-refractivity contribution is -0.135. The molecule has 0 aromatic heterocycles. The minimum Gasteiger partial charge on any atom is -0.490 e. The molecular formula is C26H26N2O4. The molecule has 32 heavy (non-hydrogen) atoms. The van der Waals surface area contributed by atoms with E-state index in [0.29, 0.717) is 6.54 Å². The van der Waals surface area contributed by atoms with Gasteiger partial charge in [-0.15, -0.1) is 0 Å². The van der Waals surface area contributed by atoms with Gasteiger partial charge in [-0.1, -0.05) is 66.7 Å². The summed E-state index contributed by atoms with van der Waals surface area (Å²) in [7, 11) is 3.07. The van der Waals surface area contributed by atoms with Crippen molar-refractivity contribution >= 4 is 23.8 Å². The molecule has 6 heteroatoms. The van der Waals surface area contributed by atoms with Gasteiger partial charge in [0.05, 0.1) is 7.11 Å². The number of carbonyl (C=O) groups is 2. The van der Waals surface area contributed by atoms with Crippen LogP contribution in [-0.2, 0) is 16.0 Å². The Morgan fingerprint density at radius 2 is 1.69 bits per heavy atom. The van der Waals surface area contributed by atoms with Gasteiger partial charge in [0.1, 0.15) is 0 Å². The molecule has 0 heterocycles. The van der Waals surface area contributed by atoms with Crippen molar-refractivity contribution in [2.24, 2.45) is 0 Å². The molecule has 2 amide bonds. The molecule has 0 spiro atoms. The Morgan fingerprint density at radius 1 is 0.969 bits per heavy atom. The summed E-state index contributed by atoms with van der Waals surface area (Å²) in [6.45, 7) is 0.557. The molecule has 0 aliphatic rings. The van der Waals surface area contributed by atoms with Crippen LogP contribution in [0.15, 0.2) is 84.6 Å². The van der Waals surface area contributed by atoms with E-state index in [4.69, 9.17) is 9.84 Å². The molecule has 0 aliphatic carbocycles. The molecule has 0 saturated carbocycles. The number of nitrogens with one attached hydrogen (secondary N) is 1. The molecule has 0 saturated heterocycles. The number of methoxy groups -OCH3 is 1. The number of carbonyl (C=O) groups excluding carboxylic acids is 1. The number of benzene rings is 3. The Bertz CT molecular complexity index is 1090. The Kier molecular flexibility index (Phi) is 7.65. The highest BCUT2D eigenvalue weighted by atomic mass is 16.5. The average molecular weight is 431 g/mol. The number of nitrogens with zero attached hydrogens (tertiary/aromatic N) is 1. The summed E-state index contributed by atoms with van der Waals surface area (Å²) >= 11 is 0. The van der Waals surface area contributed by atoms with E-state index < -0.39 is 5.97 Å². The second kappa shape index (κ2) is 10.8. The van der Waals surface area contributed by atoms with Crippen LogP contribution in [0.4, 0.5) is 10.5 Å². The van der Waals surface area contributed by atoms with Crippen LogP contribution in [0.2, 0.25) is 0 Å². The first-order chi connectivity index (χ1) is 15.5. The third kappa shape index (κ3) is 5.98. The summed E-state index contributed by atoms with van der Waals surface area (Å²) in [5.41, 5.74) is 4.58. The van der Waals surface area contributed by atoms with Gasteiger partial charge in [0.25, 0.3) is 0 Å². The summed E-state index contributed by atoms with van der Waals surface area (Å²) in [5, 5.41) is 12.0. The van der Waals surface area contributed by atoms with Crippen LogP contribution in [0.5, 0.6) is 0 Å². The van der Waals surface area contributed by atoms with E-state index in [1.54, 1.807) is 11.9 Å². The maximum atomic E-state index is 12.6. The van der Waals surface area contributed by atoms with Gasteiger partial charge in [0, 0.05) is 19.3 Å². The standard InChI is InChI=1S/C26H26N2O4/c1-28(26(31)27-16-15-19-7-4-3-5-8-19)23-10-6-9-22(18-23)21-13-11-20(12-14-21)17-24(32-2)25(29)30/h3-14,17-18H,15-16H2,1-2H3,(H,27,31)(H,29,30)/b24-17-. The van der Waals surface area contributed by atoms with Crippen LogP contribution in [0.1, 0.15) is 11.1 Å². The molecule has 0 radical (unpaired) electrons. The van der Waals surface area contributed by atoms with Crippen molar-refractivity contribution in [3.8, 4) is 11.1 Å². The molecule has 3 rings (SSSR count). The molecule has 0 atom stereocenters. The van der Waals surface area contributed by atoms with Gasteiger partial charge in [-0.3, -0.25) is 4.90 Å². The van der Waals surface area contributed by atoms with E-state index in [1.165, 1.54) is 18.7 Å². The maximum absolute atomic E-state index is 12.6. The lowest BCUT2D eigenvalue weighted by Crippen LogP contribution is -2.38. The van der Waals surface area contributed by atoms with Gasteiger partial charge in [0.15, 0.2) is 0 Å². The number of hydrogen-bond acceptors (Lipinski definition) is 3. The van der Waals surface area contributed by atoms with Gasteiger partial charge >= 0.3 is 12.0 Å². The third-order valence-electron chi connectivity index (χ3n) is 5.04. The van der Waals surface area contributed by atoms with Crippen molar-refractivity contribution in [3.05, 3.63) is 95.7 Å². The van der Waals surface area contributed by atoms with Crippen molar-refractivity contribution in [3.63, 3.8) is 0 Å². The van der Waals surface area contributed by atoms with E-state index in [1.807, 2.05) is 78.9 Å². The molecule has 3 aromatic carbocycles. The van der Waals surface area contributed by atoms with Gasteiger partial charge in [0.2, 0.25) is 5.76 Å². The Hall–Kier alpha value is -4.06. The van der Waals surface area contributed by atoms with Crippen LogP contribution >= 0.6 is 0 Å². The Balaban J connectivity index is 1.66. The van der Waals surface area contributed by atoms with E-state index in [9.17, 15) is 9.59 Å². The van der Waals surface area contributed by atoms with Gasteiger partial charge in [-0.25, -0.2) is 9.59 Å². The highest BCUT2D eigenvalue weighted by Gasteiger charge is 2.11. The molecule has 0 unspecified atom stereocenters. The fourth-order valence-electron chi connectivity index (χ4n) is 3.22. The highest BCUT2D eigenvalue weighted by molar-refractivity contribution is 5.92. The number of carboxylic acid groups (broad SMARTS) is 1. The highest BCUT2D eigenvalue weighted by Crippen LogP contribution is 2.25. The lowest BCUT2D eigenvalue weighted by atomic mass is 10.0. The molecule has 3 aromatic rings. The fourth-order valence-corrected chi connectivity index (χ4v) is 3.22. The van der Waals surface area contributed by atoms with Crippen molar-refractivity contribution in [2.75, 3.05) is 25.6 Å². The molecule has 0 bridgehead atoms. The predicted molar refractivity (Wildman–Crippen MR) is 126 cm³/mol. The Labute approximate surface area is 187 Å². The summed E-state index contributed by atoms with van der Waals surface area (Å²) in [5.74, 6) is -1.24. The molecule has 6 nitrogen and oxygen atoms in total. The van der Waals surface area contributed by atoms with E-state index in [0.717, 1.165) is 28.8 Å². The first-order valence-corrected chi connectivity index (χ1v) is 10.2. The summed E-state index contributed by atoms with van der Waals surface area (Å²) in [4.78, 5) is 25.2. The van der Waals surface area contributed by atoms with Crippen LogP contribution < -0.4 is 10.2 Å². The normalized spacial score (nSPS) is 11.0. The molecule has 0 aliphatic heterocycles. The molecule has 0 fully saturated rings. The topological polar surface area (TPSA) is 78.9 Å². The maximum Gasteiger partial charge on any atom is 0.371 e. The van der Waals surface area contributed by atoms with Crippen molar-refractivity contribution in [1.29, 1.82) is 0 Å². The fraction of sp³-hybridized carbons (Fsp3) is 0.154. The van der Waals surface area contributed by atoms with Crippen LogP contribution in [0.3, 0.4) is 0 Å². The van der Waals surface area contributed by atoms with Gasteiger partial charge in [-0.2, -0.15) is 0 Å². The average Bonchev–Trinajstić information content (AvgIpc) is 2.83. The van der Waals surface area contributed by atoms with Gasteiger partial charge in [-0.05, 0) is 46.9 Å². The summed E-state index contributed by atoms with van der Waals surface area (Å²) in [6.07, 6.45) is 2.24. The van der Waals surface area contributed by atoms with E-state index in [2.05, 4.69) is 5.32 Å². The van der Waals surface area contributed by atoms with Crippen LogP contribution in [-0.4, -0.2) is 37.8 Å². The number of amides is 2. The minimum absolute atomic E-state index is 0.125. The van der Waals surface area contributed by atoms with E-state index >= 15 is 0 Å². The number of rotatable bonds is 8. The van der Waals surface area contributed by atoms with Crippen molar-refractivity contribution in [1.82, 2.24) is 5.32 Å². The minimum atomic E-state index is -1.12. The summed E-state index contributed by atoms with van der Waals surface area (Å²) in [6, 6.07) is 25.0. The largest absolute Gasteiger partial charge is 0.490 e. The summed E-state index contributed by atoms with van der Waals surface area (Å²) < 4.78 is 4.87. The second-order valence-electron chi connectivity index (χ2n) is 7.22. The van der Waals surface area contributed by atoms with Crippen molar-refractivity contribution in [2.45, 2.75) is 6.42 Å². The number of carboxylic acids is 1.